The number of hydrogen-bond acceptors (Lipinski definition) is 15. The molecule has 4 atom stereocenters. The Kier molecular flexibility index (Phi) is 17.8. The smallest absolute Gasteiger partial charge is 0.399 e. The van der Waals surface area contributed by atoms with Crippen LogP contribution in [0.1, 0.15) is 126 Å². The Hall–Kier alpha value is -7.59. The second kappa shape index (κ2) is 25.6. The van der Waals surface area contributed by atoms with E-state index in [9.17, 15) is 19.8 Å². The van der Waals surface area contributed by atoms with Gasteiger partial charge >= 0.3 is 7.12 Å². The Morgan fingerprint density at radius 1 is 0.576 bits per heavy atom. The summed E-state index contributed by atoms with van der Waals surface area (Å²) in [7, 11) is 3.46. The summed E-state index contributed by atoms with van der Waals surface area (Å²) in [6.45, 7) is 10.2. The van der Waals surface area contributed by atoms with E-state index < -0.39 is 12.2 Å². The van der Waals surface area contributed by atoms with E-state index in [2.05, 4.69) is 40.1 Å². The highest BCUT2D eigenvalue weighted by Gasteiger charge is 2.52. The zero-order valence-electron chi connectivity index (χ0n) is 49.0. The van der Waals surface area contributed by atoms with Crippen LogP contribution < -0.4 is 16.6 Å². The van der Waals surface area contributed by atoms with E-state index in [0.29, 0.717) is 52.6 Å². The molecule has 0 spiro atoms. The summed E-state index contributed by atoms with van der Waals surface area (Å²) in [4.78, 5) is 54.3. The molecule has 10 aromatic rings. The average molecular weight is 1170 g/mol. The van der Waals surface area contributed by atoms with Crippen molar-refractivity contribution < 1.29 is 24.3 Å². The largest absolute Gasteiger partial charge is 0.498 e. The monoisotopic (exact) mass is 1170 g/mol. The van der Waals surface area contributed by atoms with Crippen LogP contribution in [-0.2, 0) is 41.0 Å². The highest BCUT2D eigenvalue weighted by atomic mass is 35.5. The van der Waals surface area contributed by atoms with Gasteiger partial charge in [0.2, 0.25) is 0 Å². The summed E-state index contributed by atoms with van der Waals surface area (Å²) in [5.74, 6) is 0. The second-order valence-electron chi connectivity index (χ2n) is 23.6. The summed E-state index contributed by atoms with van der Waals surface area (Å²) in [5.41, 5.74) is 8.83. The number of nitrogens with zero attached hydrogens (tertiary/aromatic N) is 12. The number of hydrogen-bond donors (Lipinski definition) is 2. The predicted octanol–water partition coefficient (Wildman–Crippen LogP) is 9.38. The first-order valence-electron chi connectivity index (χ1n) is 29.4. The normalized spacial score (nSPS) is 19.9. The fraction of sp³-hybridized carbons (Fsp3) is 0.406. The van der Waals surface area contributed by atoms with E-state index in [1.165, 1.54) is 12.8 Å². The molecule has 440 valence electrons. The third-order valence-electron chi connectivity index (χ3n) is 17.0. The summed E-state index contributed by atoms with van der Waals surface area (Å²) in [5, 5.41) is 32.6. The lowest BCUT2D eigenvalue weighted by atomic mass is 9.82. The number of ether oxygens (including phenoxy) is 1. The van der Waals surface area contributed by atoms with E-state index in [0.717, 1.165) is 113 Å². The summed E-state index contributed by atoms with van der Waals surface area (Å²) >= 11 is 5.92. The minimum Gasteiger partial charge on any atom is -0.399 e. The van der Waals surface area contributed by atoms with Crippen molar-refractivity contribution in [2.24, 2.45) is 14.1 Å². The summed E-state index contributed by atoms with van der Waals surface area (Å²) < 4.78 is 23.5. The summed E-state index contributed by atoms with van der Waals surface area (Å²) in [6.07, 6.45) is 27.4. The highest BCUT2D eigenvalue weighted by Crippen LogP contribution is 2.37. The van der Waals surface area contributed by atoms with E-state index in [1.54, 1.807) is 68.2 Å². The maximum atomic E-state index is 13.6. The van der Waals surface area contributed by atoms with Crippen molar-refractivity contribution in [3.05, 3.63) is 171 Å². The molecule has 2 aliphatic carbocycles. The van der Waals surface area contributed by atoms with Crippen molar-refractivity contribution in [1.29, 1.82) is 0 Å². The number of aromatic nitrogens is 12. The summed E-state index contributed by atoms with van der Waals surface area (Å²) in [6, 6.07) is 18.7. The van der Waals surface area contributed by atoms with Crippen LogP contribution in [0.15, 0.2) is 132 Å². The van der Waals surface area contributed by atoms with Crippen LogP contribution in [0.2, 0.25) is 5.15 Å². The van der Waals surface area contributed by atoms with E-state index in [1.807, 2.05) is 115 Å². The molecule has 2 N–H and O–H groups in total. The molecule has 10 heterocycles. The molecular weight excluding hydrogens is 1100 g/mol. The van der Waals surface area contributed by atoms with Gasteiger partial charge in [0.05, 0.1) is 92.9 Å². The number of pyridine rings is 4. The molecule has 2 aromatic carbocycles. The minimum atomic E-state index is -0.522. The molecule has 4 fully saturated rings. The number of aryl methyl sites for hydroxylation is 2. The molecule has 0 radical (unpaired) electrons. The molecule has 8 aromatic heterocycles. The maximum Gasteiger partial charge on any atom is 0.498 e. The zero-order valence-corrected chi connectivity index (χ0v) is 49.8. The molecular formula is C64H72BClN12O7. The third kappa shape index (κ3) is 13.0. The Labute approximate surface area is 498 Å². The fourth-order valence-electron chi connectivity index (χ4n) is 11.7. The SMILES string of the molecule is C1CCOC1.Cn1cc(-c2ccc(Cc3cc4c(=O)n([C@H]5CCCC[C@@H]5O)cnc4c4cccnc34)cn2)cn1.Cn1cc(B2OC(C)(C)C(C)(C)O2)cn1.O=c1c2cc(Cc3ccc(Cl)nc3)c3ncccc3c2ncn1[C@H]1CCCC[C@@H]1O. The highest BCUT2D eigenvalue weighted by molar-refractivity contribution is 6.62. The van der Waals surface area contributed by atoms with Gasteiger partial charge in [0.15, 0.2) is 0 Å². The van der Waals surface area contributed by atoms with Crippen molar-refractivity contribution >= 4 is 67.8 Å². The topological polar surface area (TPSA) is 225 Å². The lowest BCUT2D eigenvalue weighted by Crippen LogP contribution is -2.41. The van der Waals surface area contributed by atoms with Crippen LogP contribution in [0.5, 0.6) is 0 Å². The van der Waals surface area contributed by atoms with Gasteiger partial charge in [-0.25, -0.2) is 15.0 Å². The number of halogens is 1. The van der Waals surface area contributed by atoms with Crippen molar-refractivity contribution in [1.82, 2.24) is 58.6 Å². The Balaban J connectivity index is 0.000000135. The van der Waals surface area contributed by atoms with Crippen LogP contribution >= 0.6 is 11.6 Å². The Morgan fingerprint density at radius 3 is 1.52 bits per heavy atom. The molecule has 0 unspecified atom stereocenters. The molecule has 4 aliphatic rings. The van der Waals surface area contributed by atoms with Crippen LogP contribution in [0.25, 0.3) is 54.9 Å². The molecule has 85 heavy (non-hydrogen) atoms. The third-order valence-corrected chi connectivity index (χ3v) is 17.2. The Morgan fingerprint density at radius 2 is 1.08 bits per heavy atom. The van der Waals surface area contributed by atoms with Gasteiger partial charge in [0.1, 0.15) is 5.15 Å². The number of benzene rings is 2. The maximum absolute atomic E-state index is 13.6. The molecule has 0 bridgehead atoms. The van der Waals surface area contributed by atoms with Gasteiger partial charge in [-0.15, -0.1) is 0 Å². The van der Waals surface area contributed by atoms with Crippen molar-refractivity contribution in [2.45, 2.75) is 140 Å². The van der Waals surface area contributed by atoms with Gasteiger partial charge in [-0.05, 0) is 137 Å². The zero-order chi connectivity index (χ0) is 59.4. The predicted molar refractivity (Wildman–Crippen MR) is 330 cm³/mol. The molecule has 0 amide bonds. The quantitative estimate of drug-likeness (QED) is 0.0821. The van der Waals surface area contributed by atoms with Gasteiger partial charge < -0.3 is 24.3 Å². The van der Waals surface area contributed by atoms with Gasteiger partial charge in [-0.1, -0.05) is 49.4 Å². The van der Waals surface area contributed by atoms with Crippen LogP contribution in [-0.4, -0.2) is 113 Å². The number of aliphatic hydroxyl groups excluding tert-OH is 2. The number of fused-ring (bicyclic) bond motifs is 6. The molecule has 2 saturated carbocycles. The lowest BCUT2D eigenvalue weighted by Gasteiger charge is -2.32. The molecule has 2 aliphatic heterocycles. The first-order valence-corrected chi connectivity index (χ1v) is 29.8. The van der Waals surface area contributed by atoms with Gasteiger partial charge in [-0.2, -0.15) is 10.2 Å². The molecule has 2 saturated heterocycles. The Bertz CT molecular complexity index is 4070. The van der Waals surface area contributed by atoms with Crippen molar-refractivity contribution in [3.63, 3.8) is 0 Å². The van der Waals surface area contributed by atoms with Gasteiger partial charge in [0, 0.05) is 105 Å². The molecule has 19 nitrogen and oxygen atoms in total. The standard InChI is InChI=1S/C27H26N6O2.C23H21ClN4O2.C10H17BN2O2.C4H8O/c1-32-15-19(14-31-32)22-9-8-17(13-29-22)11-18-12-21-26(20-5-4-10-28-25(18)20)30-16-33(27(21)35)23-6-2-3-7-24(23)34;24-20-8-7-14(12-26-20)10-15-11-17-22(16-4-3-9-25-21(15)16)27-13-28(23(17)30)18-5-1-2-6-19(18)29;1-9(2)10(3,4)15-11(14-9)8-6-12-13(5)7-8;1-2-4-5-3-1/h4-5,8-10,12-16,23-24,34H,2-3,6-7,11H2,1H3;3-4,7-9,11-13,18-19,29H,1-2,5-6,10H2;6-7H,1-5H3;1-4H2/t23-,24-;18-,19-;;/m00../s1. The van der Waals surface area contributed by atoms with Crippen LogP contribution in [0.4, 0.5) is 0 Å². The first kappa shape index (κ1) is 59.2. The van der Waals surface area contributed by atoms with E-state index in [-0.39, 0.29) is 41.5 Å². The molecule has 21 heteroatoms. The van der Waals surface area contributed by atoms with E-state index >= 15 is 0 Å². The van der Waals surface area contributed by atoms with Crippen molar-refractivity contribution in [3.8, 4) is 11.3 Å². The van der Waals surface area contributed by atoms with Gasteiger partial charge in [-0.3, -0.25) is 43.0 Å². The molecule has 14 rings (SSSR count). The lowest BCUT2D eigenvalue weighted by molar-refractivity contribution is 0.00578. The van der Waals surface area contributed by atoms with Crippen molar-refractivity contribution in [2.75, 3.05) is 13.2 Å². The average Bonchev–Trinajstić information content (AvgIpc) is 2.51. The fourth-order valence-corrected chi connectivity index (χ4v) is 11.8. The number of rotatable bonds is 8. The van der Waals surface area contributed by atoms with Crippen LogP contribution in [0, 0.1) is 0 Å². The second-order valence-corrected chi connectivity index (χ2v) is 24.0. The van der Waals surface area contributed by atoms with E-state index in [4.69, 9.17) is 25.6 Å². The van der Waals surface area contributed by atoms with Crippen LogP contribution in [0.3, 0.4) is 0 Å². The minimum absolute atomic E-state index is 0.113. The van der Waals surface area contributed by atoms with Gasteiger partial charge in [0.25, 0.3) is 11.1 Å². The number of aliphatic hydroxyl groups is 2. The first-order chi connectivity index (χ1) is 41.0.